The Labute approximate surface area is 100.0 Å². The number of methoxy groups -OCH3 is 1. The number of hydrogen-bond donors (Lipinski definition) is 2. The molecule has 0 aliphatic heterocycles. The number of nitrogens with two attached hydrogens (primary N) is 1. The number of benzene rings is 1. The summed E-state index contributed by atoms with van der Waals surface area (Å²) in [5, 5.41) is 2.72. The Morgan fingerprint density at radius 3 is 2.88 bits per heavy atom. The zero-order valence-corrected chi connectivity index (χ0v) is 10.00. The Kier molecular flexibility index (Phi) is 4.90. The van der Waals surface area contributed by atoms with Gasteiger partial charge in [-0.3, -0.25) is 4.79 Å². The molecule has 17 heavy (non-hydrogen) atoms. The largest absolute Gasteiger partial charge is 0.494 e. The standard InChI is InChI=1S/C12H17FN2O2/c1-8(6-14)7-15-12(16)9-3-4-10(13)11(5-9)17-2/h3-5,8H,6-7,14H2,1-2H3,(H,15,16). The quantitative estimate of drug-likeness (QED) is 0.811. The molecule has 1 aromatic carbocycles. The number of rotatable bonds is 5. The molecular formula is C12H17FN2O2. The average Bonchev–Trinajstić information content (AvgIpc) is 2.35. The summed E-state index contributed by atoms with van der Waals surface area (Å²) in [5.74, 6) is -0.478. The van der Waals surface area contributed by atoms with Crippen LogP contribution in [-0.4, -0.2) is 26.1 Å². The smallest absolute Gasteiger partial charge is 0.251 e. The molecule has 4 nitrogen and oxygen atoms in total. The molecule has 0 heterocycles. The molecule has 1 atom stereocenters. The van der Waals surface area contributed by atoms with Gasteiger partial charge in [-0.05, 0) is 30.7 Å². The van der Waals surface area contributed by atoms with Gasteiger partial charge in [-0.25, -0.2) is 4.39 Å². The van der Waals surface area contributed by atoms with Crippen molar-refractivity contribution in [1.82, 2.24) is 5.32 Å². The Morgan fingerprint density at radius 1 is 1.59 bits per heavy atom. The molecule has 0 bridgehead atoms. The maximum absolute atomic E-state index is 13.1. The number of carbonyl (C=O) groups excluding carboxylic acids is 1. The van der Waals surface area contributed by atoms with Crippen molar-refractivity contribution in [3.63, 3.8) is 0 Å². The van der Waals surface area contributed by atoms with Gasteiger partial charge in [-0.2, -0.15) is 0 Å². The summed E-state index contributed by atoms with van der Waals surface area (Å²) in [4.78, 5) is 11.7. The third kappa shape index (κ3) is 3.71. The Hall–Kier alpha value is -1.62. The van der Waals surface area contributed by atoms with E-state index in [1.807, 2.05) is 6.92 Å². The molecule has 0 fully saturated rings. The fourth-order valence-corrected chi connectivity index (χ4v) is 1.25. The third-order valence-electron chi connectivity index (χ3n) is 2.43. The molecular weight excluding hydrogens is 223 g/mol. The van der Waals surface area contributed by atoms with Crippen LogP contribution in [0.25, 0.3) is 0 Å². The van der Waals surface area contributed by atoms with Crippen molar-refractivity contribution in [1.29, 1.82) is 0 Å². The highest BCUT2D eigenvalue weighted by Crippen LogP contribution is 2.18. The monoisotopic (exact) mass is 240 g/mol. The minimum Gasteiger partial charge on any atom is -0.494 e. The van der Waals surface area contributed by atoms with E-state index in [2.05, 4.69) is 5.32 Å². The fourth-order valence-electron chi connectivity index (χ4n) is 1.25. The normalized spacial score (nSPS) is 12.0. The minimum absolute atomic E-state index is 0.0597. The third-order valence-corrected chi connectivity index (χ3v) is 2.43. The van der Waals surface area contributed by atoms with Gasteiger partial charge < -0.3 is 15.8 Å². The molecule has 0 saturated carbocycles. The van der Waals surface area contributed by atoms with E-state index in [4.69, 9.17) is 10.5 Å². The number of amides is 1. The summed E-state index contributed by atoms with van der Waals surface area (Å²) in [6, 6.07) is 4.00. The summed E-state index contributed by atoms with van der Waals surface area (Å²) >= 11 is 0. The predicted molar refractivity (Wildman–Crippen MR) is 63.5 cm³/mol. The van der Waals surface area contributed by atoms with E-state index in [0.29, 0.717) is 18.7 Å². The zero-order valence-electron chi connectivity index (χ0n) is 10.00. The van der Waals surface area contributed by atoms with Gasteiger partial charge in [0.2, 0.25) is 0 Å². The van der Waals surface area contributed by atoms with E-state index in [9.17, 15) is 9.18 Å². The first-order chi connectivity index (χ1) is 8.08. The lowest BCUT2D eigenvalue weighted by Crippen LogP contribution is -2.31. The van der Waals surface area contributed by atoms with Crippen LogP contribution in [0.5, 0.6) is 5.75 Å². The van der Waals surface area contributed by atoms with Crippen molar-refractivity contribution in [2.24, 2.45) is 11.7 Å². The van der Waals surface area contributed by atoms with Gasteiger partial charge in [0, 0.05) is 12.1 Å². The number of carbonyl (C=O) groups is 1. The van der Waals surface area contributed by atoms with Crippen LogP contribution in [0.2, 0.25) is 0 Å². The lowest BCUT2D eigenvalue weighted by molar-refractivity contribution is 0.0948. The average molecular weight is 240 g/mol. The summed E-state index contributed by atoms with van der Waals surface area (Å²) in [6.07, 6.45) is 0. The van der Waals surface area contributed by atoms with Crippen LogP contribution in [0.3, 0.4) is 0 Å². The Morgan fingerprint density at radius 2 is 2.29 bits per heavy atom. The summed E-state index contributed by atoms with van der Waals surface area (Å²) in [6.45, 7) is 2.94. The second-order valence-electron chi connectivity index (χ2n) is 3.90. The van der Waals surface area contributed by atoms with Crippen LogP contribution >= 0.6 is 0 Å². The first-order valence-corrected chi connectivity index (χ1v) is 5.40. The minimum atomic E-state index is -0.487. The van der Waals surface area contributed by atoms with Crippen molar-refractivity contribution in [2.75, 3.05) is 20.2 Å². The van der Waals surface area contributed by atoms with E-state index in [1.54, 1.807) is 0 Å². The molecule has 0 saturated heterocycles. The number of nitrogens with one attached hydrogen (secondary N) is 1. The molecule has 0 aliphatic carbocycles. The Balaban J connectivity index is 2.69. The van der Waals surface area contributed by atoms with Gasteiger partial charge in [-0.15, -0.1) is 0 Å². The molecule has 1 rings (SSSR count). The van der Waals surface area contributed by atoms with Crippen molar-refractivity contribution < 1.29 is 13.9 Å². The number of halogens is 1. The number of hydrogen-bond acceptors (Lipinski definition) is 3. The van der Waals surface area contributed by atoms with E-state index < -0.39 is 5.82 Å². The highest BCUT2D eigenvalue weighted by Gasteiger charge is 2.10. The van der Waals surface area contributed by atoms with Gasteiger partial charge in [0.25, 0.3) is 5.91 Å². The molecule has 1 aromatic rings. The SMILES string of the molecule is COc1cc(C(=O)NCC(C)CN)ccc1F. The van der Waals surface area contributed by atoms with Crippen molar-refractivity contribution in [2.45, 2.75) is 6.92 Å². The fraction of sp³-hybridized carbons (Fsp3) is 0.417. The van der Waals surface area contributed by atoms with E-state index in [0.717, 1.165) is 0 Å². The zero-order chi connectivity index (χ0) is 12.8. The van der Waals surface area contributed by atoms with Gasteiger partial charge in [-0.1, -0.05) is 6.92 Å². The van der Waals surface area contributed by atoms with Crippen molar-refractivity contribution in [3.05, 3.63) is 29.6 Å². The van der Waals surface area contributed by atoms with Gasteiger partial charge in [0.15, 0.2) is 11.6 Å². The second-order valence-corrected chi connectivity index (χ2v) is 3.90. The molecule has 1 amide bonds. The maximum atomic E-state index is 13.1. The Bertz CT molecular complexity index is 396. The van der Waals surface area contributed by atoms with Crippen molar-refractivity contribution >= 4 is 5.91 Å². The second kappa shape index (κ2) is 6.20. The van der Waals surface area contributed by atoms with Gasteiger partial charge in [0.05, 0.1) is 7.11 Å². The molecule has 3 N–H and O–H groups in total. The van der Waals surface area contributed by atoms with Crippen LogP contribution in [0, 0.1) is 11.7 Å². The van der Waals surface area contributed by atoms with Gasteiger partial charge in [0.1, 0.15) is 0 Å². The van der Waals surface area contributed by atoms with Crippen LogP contribution in [0.1, 0.15) is 17.3 Å². The highest BCUT2D eigenvalue weighted by molar-refractivity contribution is 5.94. The maximum Gasteiger partial charge on any atom is 0.251 e. The molecule has 5 heteroatoms. The summed E-state index contributed by atoms with van der Waals surface area (Å²) < 4.78 is 17.9. The molecule has 94 valence electrons. The predicted octanol–water partition coefficient (Wildman–Crippen LogP) is 1.16. The first-order valence-electron chi connectivity index (χ1n) is 5.40. The van der Waals surface area contributed by atoms with Crippen LogP contribution in [-0.2, 0) is 0 Å². The molecule has 0 radical (unpaired) electrons. The van der Waals surface area contributed by atoms with E-state index in [1.165, 1.54) is 25.3 Å². The molecule has 0 aliphatic rings. The van der Waals surface area contributed by atoms with E-state index in [-0.39, 0.29) is 17.6 Å². The van der Waals surface area contributed by atoms with Crippen LogP contribution < -0.4 is 15.8 Å². The lowest BCUT2D eigenvalue weighted by Gasteiger charge is -2.10. The van der Waals surface area contributed by atoms with Crippen molar-refractivity contribution in [3.8, 4) is 5.75 Å². The van der Waals surface area contributed by atoms with Gasteiger partial charge >= 0.3 is 0 Å². The summed E-state index contributed by atoms with van der Waals surface area (Å²) in [7, 11) is 1.36. The van der Waals surface area contributed by atoms with E-state index >= 15 is 0 Å². The van der Waals surface area contributed by atoms with Crippen LogP contribution in [0.4, 0.5) is 4.39 Å². The molecule has 0 spiro atoms. The van der Waals surface area contributed by atoms with Crippen LogP contribution in [0.15, 0.2) is 18.2 Å². The molecule has 1 unspecified atom stereocenters. The summed E-state index contributed by atoms with van der Waals surface area (Å²) in [5.41, 5.74) is 5.81. The lowest BCUT2D eigenvalue weighted by atomic mass is 10.1. The highest BCUT2D eigenvalue weighted by atomic mass is 19.1. The first kappa shape index (κ1) is 13.4. The molecule has 0 aromatic heterocycles. The topological polar surface area (TPSA) is 64.3 Å². The number of ether oxygens (including phenoxy) is 1.